The quantitative estimate of drug-likeness (QED) is 0.0222. The molecule has 0 aliphatic rings. The number of carbonyl (C=O) groups excluding carboxylic acids is 4. The third-order valence-corrected chi connectivity index (χ3v) is 20.8. The molecule has 6 atom stereocenters. The summed E-state index contributed by atoms with van der Waals surface area (Å²) in [6, 6.07) is 0. The number of aliphatic hydroxyl groups is 1. The molecule has 3 N–H and O–H groups in total. The first kappa shape index (κ1) is 96.1. The zero-order valence-electron chi connectivity index (χ0n) is 63.9. The molecule has 0 spiro atoms. The monoisotopic (exact) mass is 1440 g/mol. The van der Waals surface area contributed by atoms with Gasteiger partial charge in [-0.1, -0.05) is 369 Å². The lowest BCUT2D eigenvalue weighted by molar-refractivity contribution is -0.161. The summed E-state index contributed by atoms with van der Waals surface area (Å²) in [5, 5.41) is 10.6. The largest absolute Gasteiger partial charge is 0.472 e. The summed E-state index contributed by atoms with van der Waals surface area (Å²) in [6.07, 6.45) is 62.5. The van der Waals surface area contributed by atoms with E-state index in [4.69, 9.17) is 37.0 Å². The summed E-state index contributed by atoms with van der Waals surface area (Å²) >= 11 is 0. The highest BCUT2D eigenvalue weighted by molar-refractivity contribution is 7.47. The summed E-state index contributed by atoms with van der Waals surface area (Å²) in [7, 11) is -9.91. The smallest absolute Gasteiger partial charge is 0.462 e. The maximum atomic E-state index is 13.1. The lowest BCUT2D eigenvalue weighted by atomic mass is 9.99. The van der Waals surface area contributed by atoms with E-state index >= 15 is 0 Å². The normalized spacial score (nSPS) is 14.2. The average Bonchev–Trinajstić information content (AvgIpc) is 1.04. The Balaban J connectivity index is 5.20. The summed E-state index contributed by atoms with van der Waals surface area (Å²) in [5.41, 5.74) is 0. The molecule has 98 heavy (non-hydrogen) atoms. The van der Waals surface area contributed by atoms with Crippen LogP contribution in [0.5, 0.6) is 0 Å². The molecule has 19 heteroatoms. The number of esters is 4. The van der Waals surface area contributed by atoms with E-state index in [-0.39, 0.29) is 25.7 Å². The fourth-order valence-corrected chi connectivity index (χ4v) is 13.8. The van der Waals surface area contributed by atoms with E-state index < -0.39 is 97.5 Å². The molecule has 0 aliphatic carbocycles. The molecule has 17 nitrogen and oxygen atoms in total. The van der Waals surface area contributed by atoms with Gasteiger partial charge >= 0.3 is 39.5 Å². The van der Waals surface area contributed by atoms with Gasteiger partial charge in [-0.05, 0) is 31.6 Å². The Hall–Kier alpha value is -1.94. The van der Waals surface area contributed by atoms with Gasteiger partial charge in [0.1, 0.15) is 19.3 Å². The second-order valence-electron chi connectivity index (χ2n) is 28.7. The number of phosphoric acid groups is 2. The second kappa shape index (κ2) is 72.0. The van der Waals surface area contributed by atoms with Crippen LogP contribution in [0.25, 0.3) is 0 Å². The first-order chi connectivity index (χ1) is 47.6. The van der Waals surface area contributed by atoms with E-state index in [2.05, 4.69) is 34.6 Å². The molecule has 0 bridgehead atoms. The predicted octanol–water partition coefficient (Wildman–Crippen LogP) is 23.6. The van der Waals surface area contributed by atoms with Crippen LogP contribution in [0.15, 0.2) is 0 Å². The van der Waals surface area contributed by atoms with E-state index in [1.807, 2.05) is 0 Å². The van der Waals surface area contributed by atoms with Gasteiger partial charge in [0.2, 0.25) is 0 Å². The van der Waals surface area contributed by atoms with Gasteiger partial charge in [0.05, 0.1) is 26.4 Å². The Morgan fingerprint density at radius 3 is 0.724 bits per heavy atom. The molecule has 0 saturated carbocycles. The van der Waals surface area contributed by atoms with Crippen LogP contribution in [0.1, 0.15) is 420 Å². The Bertz CT molecular complexity index is 1880. The number of aliphatic hydroxyl groups excluding tert-OH is 1. The Labute approximate surface area is 600 Å². The van der Waals surface area contributed by atoms with Crippen LogP contribution in [0, 0.1) is 5.92 Å². The standard InChI is InChI=1S/C79H154O17P2/c1-6-10-13-16-19-22-24-26-28-30-31-32-33-35-37-39-44-49-54-59-64-78(83)96-75(69-90-77(82)63-58-53-48-43-38-36-34-29-27-25-23-20-17-14-11-7-2)71-94-98(87,88)92-67-73(80)66-91-97(85,86)93-70-74(68-89-76(81)62-57-52-47-21-18-15-12-8-3)95-79(84)65-60-55-50-45-41-40-42-46-51-56-61-72(5)9-4/h72-75,80H,6-71H2,1-5H3,(H,85,86)(H,87,88)/t72?,73-,74+,75+/m0/s1. The van der Waals surface area contributed by atoms with E-state index in [9.17, 15) is 43.2 Å². The number of carbonyl (C=O) groups is 4. The zero-order valence-corrected chi connectivity index (χ0v) is 65.7. The van der Waals surface area contributed by atoms with Gasteiger partial charge in [0.25, 0.3) is 0 Å². The number of hydrogen-bond acceptors (Lipinski definition) is 15. The molecule has 0 aliphatic heterocycles. The predicted molar refractivity (Wildman–Crippen MR) is 400 cm³/mol. The van der Waals surface area contributed by atoms with Crippen LogP contribution in [0.4, 0.5) is 0 Å². The molecule has 0 aromatic rings. The third kappa shape index (κ3) is 71.1. The van der Waals surface area contributed by atoms with Crippen molar-refractivity contribution in [2.75, 3.05) is 39.6 Å². The minimum absolute atomic E-state index is 0.107. The van der Waals surface area contributed by atoms with Crippen molar-refractivity contribution in [2.24, 2.45) is 5.92 Å². The molecule has 0 radical (unpaired) electrons. The summed E-state index contributed by atoms with van der Waals surface area (Å²) in [5.74, 6) is -1.31. The highest BCUT2D eigenvalue weighted by Crippen LogP contribution is 2.45. The van der Waals surface area contributed by atoms with Gasteiger partial charge in [0.15, 0.2) is 12.2 Å². The lowest BCUT2D eigenvalue weighted by Crippen LogP contribution is -2.30. The fraction of sp³-hybridized carbons (Fsp3) is 0.949. The number of hydrogen-bond donors (Lipinski definition) is 3. The van der Waals surface area contributed by atoms with Crippen molar-refractivity contribution < 1.29 is 80.2 Å². The molecular formula is C79H154O17P2. The van der Waals surface area contributed by atoms with Gasteiger partial charge in [-0.25, -0.2) is 9.13 Å². The first-order valence-electron chi connectivity index (χ1n) is 41.2. The topological polar surface area (TPSA) is 237 Å². The van der Waals surface area contributed by atoms with Crippen molar-refractivity contribution in [1.29, 1.82) is 0 Å². The molecule has 0 fully saturated rings. The lowest BCUT2D eigenvalue weighted by Gasteiger charge is -2.21. The minimum atomic E-state index is -4.96. The van der Waals surface area contributed by atoms with Crippen molar-refractivity contribution in [3.63, 3.8) is 0 Å². The van der Waals surface area contributed by atoms with Crippen LogP contribution in [-0.4, -0.2) is 96.7 Å². The van der Waals surface area contributed by atoms with Crippen molar-refractivity contribution in [1.82, 2.24) is 0 Å². The number of phosphoric ester groups is 2. The zero-order chi connectivity index (χ0) is 71.9. The third-order valence-electron chi connectivity index (χ3n) is 18.9. The fourth-order valence-electron chi connectivity index (χ4n) is 12.2. The molecular weight excluding hydrogens is 1280 g/mol. The molecule has 0 aromatic heterocycles. The van der Waals surface area contributed by atoms with Gasteiger partial charge in [-0.3, -0.25) is 37.3 Å². The SMILES string of the molecule is CCCCCCCCCCCCCCCCCCCCCCC(=O)O[C@H](COC(=O)CCCCCCCCCCCCCCCCCC)COP(=O)(O)OC[C@@H](O)COP(=O)(O)OC[C@@H](COC(=O)CCCCCCCCCC)OC(=O)CCCCCCCCCCCCC(C)CC. The van der Waals surface area contributed by atoms with Crippen LogP contribution >= 0.6 is 15.6 Å². The highest BCUT2D eigenvalue weighted by atomic mass is 31.2. The molecule has 0 amide bonds. The van der Waals surface area contributed by atoms with E-state index in [1.165, 1.54) is 238 Å². The van der Waals surface area contributed by atoms with Gasteiger partial charge in [-0.2, -0.15) is 0 Å². The molecule has 0 rings (SSSR count). The van der Waals surface area contributed by atoms with Crippen LogP contribution < -0.4 is 0 Å². The van der Waals surface area contributed by atoms with Gasteiger partial charge in [0, 0.05) is 25.7 Å². The van der Waals surface area contributed by atoms with Crippen molar-refractivity contribution >= 4 is 39.5 Å². The average molecular weight is 1440 g/mol. The molecule has 0 saturated heterocycles. The molecule has 3 unspecified atom stereocenters. The summed E-state index contributed by atoms with van der Waals surface area (Å²) in [4.78, 5) is 72.9. The minimum Gasteiger partial charge on any atom is -0.462 e. The van der Waals surface area contributed by atoms with E-state index in [0.29, 0.717) is 25.7 Å². The number of ether oxygens (including phenoxy) is 4. The number of unbranched alkanes of at least 4 members (excludes halogenated alkanes) is 50. The highest BCUT2D eigenvalue weighted by Gasteiger charge is 2.30. The number of rotatable bonds is 79. The van der Waals surface area contributed by atoms with Crippen LogP contribution in [0.3, 0.4) is 0 Å². The molecule has 0 aromatic carbocycles. The summed E-state index contributed by atoms with van der Waals surface area (Å²) < 4.78 is 68.6. The van der Waals surface area contributed by atoms with Gasteiger partial charge < -0.3 is 33.8 Å². The molecule has 0 heterocycles. The van der Waals surface area contributed by atoms with Crippen molar-refractivity contribution in [3.8, 4) is 0 Å². The van der Waals surface area contributed by atoms with Crippen LogP contribution in [-0.2, 0) is 65.4 Å². The first-order valence-corrected chi connectivity index (χ1v) is 44.2. The maximum absolute atomic E-state index is 13.1. The van der Waals surface area contributed by atoms with E-state index in [1.54, 1.807) is 0 Å². The van der Waals surface area contributed by atoms with Gasteiger partial charge in [-0.15, -0.1) is 0 Å². The Morgan fingerprint density at radius 2 is 0.490 bits per heavy atom. The van der Waals surface area contributed by atoms with E-state index in [0.717, 1.165) is 102 Å². The maximum Gasteiger partial charge on any atom is 0.472 e. The summed E-state index contributed by atoms with van der Waals surface area (Å²) in [6.45, 7) is 7.31. The molecule has 582 valence electrons. The van der Waals surface area contributed by atoms with Crippen molar-refractivity contribution in [3.05, 3.63) is 0 Å². The van der Waals surface area contributed by atoms with Crippen molar-refractivity contribution in [2.45, 2.75) is 438 Å². The second-order valence-corrected chi connectivity index (χ2v) is 31.6. The van der Waals surface area contributed by atoms with Crippen LogP contribution in [0.2, 0.25) is 0 Å². The Kier molecular flexibility index (Phi) is 70.6. The Morgan fingerprint density at radius 1 is 0.286 bits per heavy atom.